The fourth-order valence-electron chi connectivity index (χ4n) is 3.74. The van der Waals surface area contributed by atoms with Crippen molar-refractivity contribution in [2.24, 2.45) is 5.41 Å². The largest absolute Gasteiger partial charge is 0.494 e. The summed E-state index contributed by atoms with van der Waals surface area (Å²) in [5, 5.41) is 0. The molecule has 0 amide bonds. The van der Waals surface area contributed by atoms with Gasteiger partial charge in [-0.2, -0.15) is 0 Å². The molecule has 4 rings (SSSR count). The second-order valence-corrected chi connectivity index (χ2v) is 8.66. The van der Waals surface area contributed by atoms with E-state index in [1.165, 1.54) is 18.5 Å². The van der Waals surface area contributed by atoms with E-state index in [4.69, 9.17) is 14.0 Å². The van der Waals surface area contributed by atoms with Crippen LogP contribution < -0.4 is 10.4 Å². The molecule has 5 heteroatoms. The molecule has 0 aromatic heterocycles. The Balaban J connectivity index is 1.42. The summed E-state index contributed by atoms with van der Waals surface area (Å²) >= 11 is 0. The molecule has 0 atom stereocenters. The average molecular weight is 329 g/mol. The van der Waals surface area contributed by atoms with Crippen LogP contribution in [0.3, 0.4) is 0 Å². The van der Waals surface area contributed by atoms with E-state index in [0.29, 0.717) is 5.41 Å². The summed E-state index contributed by atoms with van der Waals surface area (Å²) in [6, 6.07) is 8.70. The van der Waals surface area contributed by atoms with Crippen LogP contribution in [0.25, 0.3) is 0 Å². The van der Waals surface area contributed by atoms with Crippen LogP contribution in [0.4, 0.5) is 5.69 Å². The fourth-order valence-corrected chi connectivity index (χ4v) is 3.74. The van der Waals surface area contributed by atoms with E-state index in [0.717, 1.165) is 31.8 Å². The average Bonchev–Trinajstić information content (AvgIpc) is 2.74. The molecule has 130 valence electrons. The quantitative estimate of drug-likeness (QED) is 0.781. The number of rotatable bonds is 2. The highest BCUT2D eigenvalue weighted by atomic mass is 16.7. The molecule has 1 aromatic carbocycles. The van der Waals surface area contributed by atoms with Crippen LogP contribution in [-0.2, 0) is 14.0 Å². The Kier molecular flexibility index (Phi) is 3.75. The predicted molar refractivity (Wildman–Crippen MR) is 96.9 cm³/mol. The lowest BCUT2D eigenvalue weighted by Gasteiger charge is -2.47. The molecule has 3 heterocycles. The Labute approximate surface area is 145 Å². The molecule has 0 unspecified atom stereocenters. The lowest BCUT2D eigenvalue weighted by Crippen LogP contribution is -2.51. The van der Waals surface area contributed by atoms with Crippen LogP contribution in [0.5, 0.6) is 0 Å². The van der Waals surface area contributed by atoms with Gasteiger partial charge in [0.2, 0.25) is 0 Å². The highest BCUT2D eigenvalue weighted by Gasteiger charge is 2.51. The normalized spacial score (nSPS) is 27.3. The van der Waals surface area contributed by atoms with E-state index in [1.807, 2.05) is 0 Å². The first-order valence-electron chi connectivity index (χ1n) is 9.09. The first-order chi connectivity index (χ1) is 11.3. The number of piperidine rings is 1. The molecule has 3 aliphatic rings. The van der Waals surface area contributed by atoms with Gasteiger partial charge in [-0.15, -0.1) is 0 Å². The Bertz CT molecular complexity index is 584. The third-order valence-electron chi connectivity index (χ3n) is 6.42. The third-order valence-corrected chi connectivity index (χ3v) is 6.42. The SMILES string of the molecule is CC1(C)OB(c2ccc(N3CCC4(CC3)COC4)cc2)OC1(C)C. The van der Waals surface area contributed by atoms with Gasteiger partial charge in [-0.05, 0) is 58.1 Å². The molecule has 3 fully saturated rings. The molecular formula is C19H28BNO3. The van der Waals surface area contributed by atoms with Crippen molar-refractivity contribution in [2.45, 2.75) is 51.7 Å². The maximum Gasteiger partial charge on any atom is 0.494 e. The van der Waals surface area contributed by atoms with Crippen LogP contribution in [0.2, 0.25) is 0 Å². The number of hydrogen-bond acceptors (Lipinski definition) is 4. The first kappa shape index (κ1) is 16.4. The number of hydrogen-bond donors (Lipinski definition) is 0. The van der Waals surface area contributed by atoms with Gasteiger partial charge < -0.3 is 18.9 Å². The van der Waals surface area contributed by atoms with Crippen molar-refractivity contribution < 1.29 is 14.0 Å². The highest BCUT2D eigenvalue weighted by Crippen LogP contribution is 2.39. The smallest absolute Gasteiger partial charge is 0.399 e. The van der Waals surface area contributed by atoms with Gasteiger partial charge in [0.1, 0.15) is 0 Å². The van der Waals surface area contributed by atoms with Gasteiger partial charge in [0, 0.05) is 24.2 Å². The molecule has 0 bridgehead atoms. The zero-order valence-electron chi connectivity index (χ0n) is 15.3. The third kappa shape index (κ3) is 2.67. The molecule has 1 aromatic rings. The summed E-state index contributed by atoms with van der Waals surface area (Å²) < 4.78 is 17.7. The standard InChI is InChI=1S/C19H28BNO3/c1-17(2)18(3,4)24-20(23-17)15-5-7-16(8-6-15)21-11-9-19(10-12-21)13-22-14-19/h5-8H,9-14H2,1-4H3. The van der Waals surface area contributed by atoms with Gasteiger partial charge in [0.25, 0.3) is 0 Å². The number of anilines is 1. The van der Waals surface area contributed by atoms with Crippen LogP contribution in [-0.4, -0.2) is 44.6 Å². The van der Waals surface area contributed by atoms with E-state index in [9.17, 15) is 0 Å². The number of ether oxygens (including phenoxy) is 1. The summed E-state index contributed by atoms with van der Waals surface area (Å²) in [5.74, 6) is 0. The highest BCUT2D eigenvalue weighted by molar-refractivity contribution is 6.62. The van der Waals surface area contributed by atoms with E-state index < -0.39 is 0 Å². The van der Waals surface area contributed by atoms with Crippen molar-refractivity contribution in [3.05, 3.63) is 24.3 Å². The second kappa shape index (κ2) is 5.48. The molecule has 4 nitrogen and oxygen atoms in total. The van der Waals surface area contributed by atoms with Crippen molar-refractivity contribution >= 4 is 18.3 Å². The minimum Gasteiger partial charge on any atom is -0.399 e. The van der Waals surface area contributed by atoms with Crippen molar-refractivity contribution in [1.29, 1.82) is 0 Å². The van der Waals surface area contributed by atoms with Gasteiger partial charge in [-0.3, -0.25) is 0 Å². The summed E-state index contributed by atoms with van der Waals surface area (Å²) in [7, 11) is -0.277. The summed E-state index contributed by atoms with van der Waals surface area (Å²) in [5.41, 5.74) is 2.30. The molecule has 0 N–H and O–H groups in total. The van der Waals surface area contributed by atoms with Crippen molar-refractivity contribution in [3.63, 3.8) is 0 Å². The van der Waals surface area contributed by atoms with E-state index >= 15 is 0 Å². The van der Waals surface area contributed by atoms with Gasteiger partial charge in [0.15, 0.2) is 0 Å². The predicted octanol–water partition coefficient (Wildman–Crippen LogP) is 2.60. The summed E-state index contributed by atoms with van der Waals surface area (Å²) in [6.45, 7) is 12.5. The lowest BCUT2D eigenvalue weighted by atomic mass is 9.76. The monoisotopic (exact) mass is 329 g/mol. The van der Waals surface area contributed by atoms with Gasteiger partial charge in [-0.25, -0.2) is 0 Å². The van der Waals surface area contributed by atoms with Crippen LogP contribution in [0.1, 0.15) is 40.5 Å². The summed E-state index contributed by atoms with van der Waals surface area (Å²) in [4.78, 5) is 2.48. The van der Waals surface area contributed by atoms with Crippen LogP contribution >= 0.6 is 0 Å². The second-order valence-electron chi connectivity index (χ2n) is 8.66. The first-order valence-corrected chi connectivity index (χ1v) is 9.09. The molecule has 0 saturated carbocycles. The Hall–Kier alpha value is -1.04. The Morgan fingerprint density at radius 1 is 0.875 bits per heavy atom. The molecule has 24 heavy (non-hydrogen) atoms. The van der Waals surface area contributed by atoms with E-state index in [-0.39, 0.29) is 18.3 Å². The zero-order valence-corrected chi connectivity index (χ0v) is 15.3. The van der Waals surface area contributed by atoms with Gasteiger partial charge >= 0.3 is 7.12 Å². The lowest BCUT2D eigenvalue weighted by molar-refractivity contribution is -0.124. The molecule has 3 aliphatic heterocycles. The number of nitrogens with zero attached hydrogens (tertiary/aromatic N) is 1. The molecule has 0 radical (unpaired) electrons. The molecule has 3 saturated heterocycles. The molecule has 0 aliphatic carbocycles. The fraction of sp³-hybridized carbons (Fsp3) is 0.684. The maximum absolute atomic E-state index is 6.14. The maximum atomic E-state index is 6.14. The van der Waals surface area contributed by atoms with Crippen molar-refractivity contribution in [3.8, 4) is 0 Å². The Morgan fingerprint density at radius 2 is 1.42 bits per heavy atom. The van der Waals surface area contributed by atoms with Gasteiger partial charge in [0.05, 0.1) is 24.4 Å². The van der Waals surface area contributed by atoms with E-state index in [2.05, 4.69) is 56.9 Å². The van der Waals surface area contributed by atoms with Crippen molar-refractivity contribution in [2.75, 3.05) is 31.2 Å². The molecule has 1 spiro atoms. The van der Waals surface area contributed by atoms with Crippen LogP contribution in [0, 0.1) is 5.41 Å². The number of benzene rings is 1. The minimum absolute atomic E-state index is 0.277. The summed E-state index contributed by atoms with van der Waals surface area (Å²) in [6.07, 6.45) is 2.48. The van der Waals surface area contributed by atoms with Crippen LogP contribution in [0.15, 0.2) is 24.3 Å². The minimum atomic E-state index is -0.289. The Morgan fingerprint density at radius 3 is 1.88 bits per heavy atom. The zero-order chi connectivity index (χ0) is 17.0. The van der Waals surface area contributed by atoms with Gasteiger partial charge in [-0.1, -0.05) is 12.1 Å². The molecular weight excluding hydrogens is 301 g/mol. The topological polar surface area (TPSA) is 30.9 Å². The van der Waals surface area contributed by atoms with E-state index in [1.54, 1.807) is 0 Å². The van der Waals surface area contributed by atoms with Crippen molar-refractivity contribution in [1.82, 2.24) is 0 Å².